The Kier molecular flexibility index (Phi) is 12.0. The van der Waals surface area contributed by atoms with Gasteiger partial charge in [-0.25, -0.2) is 108 Å². The summed E-state index contributed by atoms with van der Waals surface area (Å²) in [4.78, 5) is 15.8. The first-order valence-electron chi connectivity index (χ1n) is 18.2. The van der Waals surface area contributed by atoms with Crippen LogP contribution in [0.15, 0.2) is 91.4 Å². The van der Waals surface area contributed by atoms with Gasteiger partial charge in [0.15, 0.2) is 93.1 Å². The van der Waals surface area contributed by atoms with E-state index in [4.69, 9.17) is 0 Å². The topological polar surface area (TPSA) is 49.4 Å². The molecule has 69 heavy (non-hydrogen) atoms. The van der Waals surface area contributed by atoms with E-state index >= 15 is 61.5 Å². The van der Waals surface area contributed by atoms with Crippen LogP contribution in [0.1, 0.15) is 25.1 Å². The Morgan fingerprint density at radius 2 is 0.594 bits per heavy atom. The molecule has 0 aromatic heterocycles. The van der Waals surface area contributed by atoms with Crippen molar-refractivity contribution in [2.75, 3.05) is 0 Å². The molecule has 0 spiro atoms. The molecule has 0 unspecified atom stereocenters. The average molecular weight is 999 g/mol. The van der Waals surface area contributed by atoms with Gasteiger partial charge in [-0.3, -0.25) is 0 Å². The zero-order valence-electron chi connectivity index (χ0n) is 34.7. The van der Waals surface area contributed by atoms with Crippen molar-refractivity contribution in [3.8, 4) is 0 Å². The summed E-state index contributed by atoms with van der Waals surface area (Å²) in [5.74, 6) is -59.2. The molecule has 4 aromatic rings. The molecule has 5 heterocycles. The van der Waals surface area contributed by atoms with Crippen LogP contribution in [0.2, 0.25) is 0 Å². The van der Waals surface area contributed by atoms with E-state index in [9.17, 15) is 26.3 Å². The summed E-state index contributed by atoms with van der Waals surface area (Å²) in [7, 11) is 0. The Balaban J connectivity index is 0.00000275. The van der Waals surface area contributed by atoms with E-state index in [1.54, 1.807) is 0 Å². The van der Waals surface area contributed by atoms with E-state index in [1.807, 2.05) is 0 Å². The van der Waals surface area contributed by atoms with Crippen molar-refractivity contribution in [3.05, 3.63) is 210 Å². The predicted octanol–water partition coefficient (Wildman–Crippen LogP) is 12.3. The first-order valence-corrected chi connectivity index (χ1v) is 18.2. The largest absolute Gasteiger partial charge is 2.00 e. The molecular formula is C44H10F20MgN4. The SMILES string of the molecule is Fc1c(F)c(F)c(C2=CC3=CC4=NC(=CC5=NC(=CC6=NC(=C(c7c(F)c(F)c(F)c(F)c7F)C2=N3)C(c2c(F)c(F)c(F)c(F)c2F)=C6c2c(F)c(F)c(F)c(F)c2F)C=C5)C=C4)c(F)c1F.[H-].[H-].[Mg+2]. The molecule has 0 radical (unpaired) electrons. The summed E-state index contributed by atoms with van der Waals surface area (Å²) in [6, 6.07) is 0. The monoisotopic (exact) mass is 998 g/mol. The number of hydrogen-bond acceptors (Lipinski definition) is 4. The van der Waals surface area contributed by atoms with Crippen molar-refractivity contribution in [2.24, 2.45) is 20.0 Å². The molecule has 0 saturated carbocycles. The Hall–Kier alpha value is -7.15. The van der Waals surface area contributed by atoms with Crippen LogP contribution >= 0.6 is 0 Å². The molecule has 9 rings (SSSR count). The zero-order chi connectivity index (χ0) is 49.3. The second-order valence-electron chi connectivity index (χ2n) is 14.2. The fourth-order valence-corrected chi connectivity index (χ4v) is 7.37. The third-order valence-corrected chi connectivity index (χ3v) is 10.3. The van der Waals surface area contributed by atoms with Crippen molar-refractivity contribution in [2.45, 2.75) is 0 Å². The molecule has 0 saturated heterocycles. The maximum absolute atomic E-state index is 16.4. The summed E-state index contributed by atoms with van der Waals surface area (Å²) in [6.45, 7) is 0. The van der Waals surface area contributed by atoms with E-state index in [1.165, 1.54) is 18.2 Å². The van der Waals surface area contributed by atoms with Gasteiger partial charge in [0.25, 0.3) is 0 Å². The third-order valence-electron chi connectivity index (χ3n) is 10.3. The van der Waals surface area contributed by atoms with E-state index in [0.29, 0.717) is 12.2 Å². The van der Waals surface area contributed by atoms with Crippen LogP contribution in [-0.2, 0) is 0 Å². The van der Waals surface area contributed by atoms with Gasteiger partial charge in [0, 0.05) is 22.3 Å². The smallest absolute Gasteiger partial charge is 1.00 e. The normalized spacial score (nSPS) is 16.2. The van der Waals surface area contributed by atoms with E-state index < -0.39 is 189 Å². The molecule has 0 amide bonds. The van der Waals surface area contributed by atoms with Crippen LogP contribution < -0.4 is 0 Å². The Bertz CT molecular complexity index is 3450. The molecule has 0 N–H and O–H groups in total. The first kappa shape index (κ1) is 48.3. The van der Waals surface area contributed by atoms with Crippen LogP contribution in [-0.4, -0.2) is 45.9 Å². The quantitative estimate of drug-likeness (QED) is 0.0847. The standard InChI is InChI=1S/C44H8F20N4.Mg.2H/c45-23-16(24(46)32(54)39(61)31(23)53)14-7-13-6-11-2-1-9(65-11)5-10-3-4-12(66-10)8-15-17(19-25(47)33(55)40(62)34(56)26(19)48)18(20-27(49)35(57)41(63)36(58)28(20)50)44(68-15)22(43(14)67-13)21-29(51)37(59)42(64)38(60)30(21)52;;;/h1-8H;;;/q;+2;2*-1. The molecule has 5 aliphatic rings. The number of allylic oxidation sites excluding steroid dienone is 12. The molecule has 8 bridgehead atoms. The second kappa shape index (κ2) is 17.1. The van der Waals surface area contributed by atoms with Crippen LogP contribution in [0.4, 0.5) is 87.8 Å². The van der Waals surface area contributed by atoms with Gasteiger partial charge in [-0.05, 0) is 48.6 Å². The van der Waals surface area contributed by atoms with Crippen molar-refractivity contribution in [1.82, 2.24) is 0 Å². The number of benzene rings is 4. The zero-order valence-corrected chi connectivity index (χ0v) is 34.1. The number of rotatable bonds is 4. The Morgan fingerprint density at radius 1 is 0.275 bits per heavy atom. The van der Waals surface area contributed by atoms with Crippen LogP contribution in [0.25, 0.3) is 22.3 Å². The third kappa shape index (κ3) is 7.22. The van der Waals surface area contributed by atoms with Gasteiger partial charge >= 0.3 is 23.1 Å². The Morgan fingerprint density at radius 3 is 1.00 bits per heavy atom. The minimum absolute atomic E-state index is 0. The molecule has 4 nitrogen and oxygen atoms in total. The Labute approximate surface area is 387 Å². The number of halogens is 20. The number of fused-ring (bicyclic) bond motifs is 4. The van der Waals surface area contributed by atoms with Crippen LogP contribution in [0.3, 0.4) is 0 Å². The molecule has 348 valence electrons. The van der Waals surface area contributed by atoms with Crippen LogP contribution in [0, 0.1) is 116 Å². The van der Waals surface area contributed by atoms with Crippen molar-refractivity contribution in [3.63, 3.8) is 0 Å². The van der Waals surface area contributed by atoms with E-state index in [0.717, 1.165) is 18.2 Å². The summed E-state index contributed by atoms with van der Waals surface area (Å²) < 4.78 is 309. The van der Waals surface area contributed by atoms with E-state index in [-0.39, 0.29) is 43.0 Å². The van der Waals surface area contributed by atoms with E-state index in [2.05, 4.69) is 20.0 Å². The molecular weight excluding hydrogens is 989 g/mol. The minimum atomic E-state index is -3.07. The number of aliphatic imine (C=N–C) groups is 4. The van der Waals surface area contributed by atoms with Gasteiger partial charge in [-0.1, -0.05) is 0 Å². The average Bonchev–Trinajstić information content (AvgIpc) is 4.13. The summed E-state index contributed by atoms with van der Waals surface area (Å²) in [6.07, 6.45) is 7.20. The van der Waals surface area contributed by atoms with Crippen molar-refractivity contribution < 1.29 is 90.7 Å². The molecule has 0 aliphatic carbocycles. The van der Waals surface area contributed by atoms with Crippen molar-refractivity contribution in [1.29, 1.82) is 0 Å². The van der Waals surface area contributed by atoms with Gasteiger partial charge in [0.05, 0.1) is 67.9 Å². The number of nitrogens with zero attached hydrogens (tertiary/aromatic N) is 4. The number of hydrogen-bond donors (Lipinski definition) is 0. The van der Waals surface area contributed by atoms with Crippen molar-refractivity contribution >= 4 is 68.2 Å². The fraction of sp³-hybridized carbons (Fsp3) is 0. The van der Waals surface area contributed by atoms with Gasteiger partial charge in [0.1, 0.15) is 0 Å². The molecule has 0 atom stereocenters. The van der Waals surface area contributed by atoms with Gasteiger partial charge in [-0.2, -0.15) is 0 Å². The summed E-state index contributed by atoms with van der Waals surface area (Å²) in [5.41, 5.74) is -25.1. The van der Waals surface area contributed by atoms with Gasteiger partial charge in [0.2, 0.25) is 23.3 Å². The maximum Gasteiger partial charge on any atom is 2.00 e. The predicted molar refractivity (Wildman–Crippen MR) is 207 cm³/mol. The summed E-state index contributed by atoms with van der Waals surface area (Å²) >= 11 is 0. The second-order valence-corrected chi connectivity index (χ2v) is 14.2. The molecule has 0 fully saturated rings. The van der Waals surface area contributed by atoms with Crippen LogP contribution in [0.5, 0.6) is 0 Å². The minimum Gasteiger partial charge on any atom is -1.00 e. The fourth-order valence-electron chi connectivity index (χ4n) is 7.37. The van der Waals surface area contributed by atoms with Gasteiger partial charge < -0.3 is 2.85 Å². The van der Waals surface area contributed by atoms with Gasteiger partial charge in [-0.15, -0.1) is 0 Å². The summed E-state index contributed by atoms with van der Waals surface area (Å²) in [5, 5.41) is 0. The molecule has 5 aliphatic heterocycles. The maximum atomic E-state index is 16.4. The molecule has 25 heteroatoms. The molecule has 4 aromatic carbocycles. The first-order chi connectivity index (χ1) is 32.0.